The molecule has 0 saturated carbocycles. The molecule has 0 N–H and O–H groups in total. The number of carbonyl (C=O) groups is 1. The number of carbonyl (C=O) groups excluding carboxylic acids is 1. The fourth-order valence-corrected chi connectivity index (χ4v) is 4.17. The van der Waals surface area contributed by atoms with E-state index >= 15 is 0 Å². The maximum atomic E-state index is 13.2. The zero-order valence-electron chi connectivity index (χ0n) is 18.8. The van der Waals surface area contributed by atoms with Crippen molar-refractivity contribution >= 4 is 17.5 Å². The number of ether oxygens (including phenoxy) is 1. The maximum Gasteiger partial charge on any atom is 0.416 e. The molecule has 1 amide bonds. The van der Waals surface area contributed by atoms with Crippen molar-refractivity contribution in [3.8, 4) is 0 Å². The minimum atomic E-state index is -4.95. The van der Waals surface area contributed by atoms with Gasteiger partial charge < -0.3 is 9.64 Å². The molecule has 0 radical (unpaired) electrons. The van der Waals surface area contributed by atoms with E-state index in [1.165, 1.54) is 4.90 Å². The Morgan fingerprint density at radius 2 is 1.52 bits per heavy atom. The van der Waals surface area contributed by atoms with Gasteiger partial charge in [0.1, 0.15) is 0 Å². The molecule has 1 fully saturated rings. The van der Waals surface area contributed by atoms with Crippen molar-refractivity contribution in [3.63, 3.8) is 0 Å². The van der Waals surface area contributed by atoms with Crippen LogP contribution in [0.4, 0.5) is 26.3 Å². The van der Waals surface area contributed by atoms with Gasteiger partial charge in [-0.2, -0.15) is 26.3 Å². The van der Waals surface area contributed by atoms with E-state index in [4.69, 9.17) is 16.3 Å². The summed E-state index contributed by atoms with van der Waals surface area (Å²) in [5, 5.41) is -1.68. The third kappa shape index (κ3) is 7.77. The molecule has 3 nitrogen and oxygen atoms in total. The summed E-state index contributed by atoms with van der Waals surface area (Å²) >= 11 is 6.38. The van der Waals surface area contributed by atoms with Gasteiger partial charge in [0, 0.05) is 13.1 Å². The van der Waals surface area contributed by atoms with Crippen LogP contribution in [-0.4, -0.2) is 28.5 Å². The van der Waals surface area contributed by atoms with E-state index in [-0.39, 0.29) is 24.6 Å². The Labute approximate surface area is 195 Å². The summed E-state index contributed by atoms with van der Waals surface area (Å²) < 4.78 is 85.0. The summed E-state index contributed by atoms with van der Waals surface area (Å²) in [6, 6.07) is 1.36. The van der Waals surface area contributed by atoms with Crippen LogP contribution in [-0.2, 0) is 28.4 Å². The molecule has 0 aliphatic carbocycles. The lowest BCUT2D eigenvalue weighted by Crippen LogP contribution is -2.56. The summed E-state index contributed by atoms with van der Waals surface area (Å²) in [6.45, 7) is 3.40. The minimum Gasteiger partial charge on any atom is -0.346 e. The fraction of sp³-hybridized carbons (Fsp3) is 0.696. The zero-order chi connectivity index (χ0) is 24.9. The Morgan fingerprint density at radius 1 is 0.970 bits per heavy atom. The van der Waals surface area contributed by atoms with Gasteiger partial charge in [-0.1, -0.05) is 64.0 Å². The number of hydrogen-bond donors (Lipinski definition) is 0. The van der Waals surface area contributed by atoms with E-state index < -0.39 is 47.1 Å². The van der Waals surface area contributed by atoms with Gasteiger partial charge >= 0.3 is 12.4 Å². The molecule has 1 aromatic carbocycles. The van der Waals surface area contributed by atoms with E-state index in [9.17, 15) is 31.1 Å². The second kappa shape index (κ2) is 11.3. The van der Waals surface area contributed by atoms with Gasteiger partial charge in [0.05, 0.1) is 17.2 Å². The lowest BCUT2D eigenvalue weighted by molar-refractivity contribution is -0.172. The van der Waals surface area contributed by atoms with Crippen LogP contribution in [0.1, 0.15) is 81.9 Å². The third-order valence-electron chi connectivity index (χ3n) is 5.74. The molecule has 188 valence electrons. The second-order valence-electron chi connectivity index (χ2n) is 8.48. The predicted molar refractivity (Wildman–Crippen MR) is 114 cm³/mol. The summed E-state index contributed by atoms with van der Waals surface area (Å²) in [5.41, 5.74) is -3.09. The Kier molecular flexibility index (Phi) is 9.50. The molecule has 33 heavy (non-hydrogen) atoms. The van der Waals surface area contributed by atoms with Crippen LogP contribution in [0.5, 0.6) is 0 Å². The van der Waals surface area contributed by atoms with Gasteiger partial charge in [-0.05, 0) is 36.6 Å². The highest BCUT2D eigenvalue weighted by Crippen LogP contribution is 2.38. The Hall–Kier alpha value is -1.48. The van der Waals surface area contributed by atoms with Crippen molar-refractivity contribution in [1.29, 1.82) is 0 Å². The van der Waals surface area contributed by atoms with E-state index in [0.29, 0.717) is 18.6 Å². The molecule has 1 aliphatic heterocycles. The van der Waals surface area contributed by atoms with E-state index in [1.54, 1.807) is 6.92 Å². The summed E-state index contributed by atoms with van der Waals surface area (Å²) in [5.74, 6) is -0.656. The highest BCUT2D eigenvalue weighted by Gasteiger charge is 2.46. The van der Waals surface area contributed by atoms with Crippen molar-refractivity contribution in [2.24, 2.45) is 0 Å². The van der Waals surface area contributed by atoms with Gasteiger partial charge in [-0.3, -0.25) is 4.79 Å². The van der Waals surface area contributed by atoms with Crippen LogP contribution >= 0.6 is 11.6 Å². The molecule has 10 heteroatoms. The van der Waals surface area contributed by atoms with Crippen LogP contribution in [0.25, 0.3) is 0 Å². The molecule has 1 aromatic rings. The van der Waals surface area contributed by atoms with Gasteiger partial charge in [0.25, 0.3) is 5.91 Å². The molecular formula is C23H30ClF6NO2. The predicted octanol–water partition coefficient (Wildman–Crippen LogP) is 7.55. The third-order valence-corrected chi connectivity index (χ3v) is 6.26. The molecule has 2 rings (SSSR count). The smallest absolute Gasteiger partial charge is 0.346 e. The number of unbranched alkanes of at least 4 members (excludes halogenated alkanes) is 5. The first-order valence-electron chi connectivity index (χ1n) is 11.2. The lowest BCUT2D eigenvalue weighted by atomic mass is 10.0. The van der Waals surface area contributed by atoms with Gasteiger partial charge in [-0.15, -0.1) is 0 Å². The van der Waals surface area contributed by atoms with E-state index in [2.05, 4.69) is 6.92 Å². The minimum absolute atomic E-state index is 0.0554. The monoisotopic (exact) mass is 501 g/mol. The molecule has 0 spiro atoms. The van der Waals surface area contributed by atoms with Crippen LogP contribution in [0.2, 0.25) is 0 Å². The zero-order valence-corrected chi connectivity index (χ0v) is 19.5. The average molecular weight is 502 g/mol. The first-order chi connectivity index (χ1) is 15.3. The molecule has 1 heterocycles. The highest BCUT2D eigenvalue weighted by molar-refractivity contribution is 6.33. The Balaban J connectivity index is 2.20. The SMILES string of the molecule is CCCCCCCCC1CN(Cc2cc(C(F)(F)F)cc(C(F)(F)F)c2)C(=O)C(Cl)(CC)O1. The first kappa shape index (κ1) is 27.8. The highest BCUT2D eigenvalue weighted by atomic mass is 35.5. The number of benzene rings is 1. The number of rotatable bonds is 10. The quantitative estimate of drug-likeness (QED) is 0.188. The van der Waals surface area contributed by atoms with Gasteiger partial charge in [-0.25, -0.2) is 0 Å². The Bertz CT molecular complexity index is 766. The van der Waals surface area contributed by atoms with Crippen molar-refractivity contribution in [1.82, 2.24) is 4.90 Å². The second-order valence-corrected chi connectivity index (χ2v) is 9.09. The molecule has 0 aromatic heterocycles. The lowest BCUT2D eigenvalue weighted by Gasteiger charge is -2.42. The summed E-state index contributed by atoms with van der Waals surface area (Å²) in [4.78, 5) is 14.1. The number of nitrogens with zero attached hydrogens (tertiary/aromatic N) is 1. The van der Waals surface area contributed by atoms with E-state index in [1.807, 2.05) is 0 Å². The number of morpholine rings is 1. The average Bonchev–Trinajstić information content (AvgIpc) is 2.72. The van der Waals surface area contributed by atoms with Crippen molar-refractivity contribution in [2.45, 2.75) is 95.3 Å². The van der Waals surface area contributed by atoms with Crippen LogP contribution in [0.3, 0.4) is 0 Å². The normalized spacial score (nSPS) is 22.2. The first-order valence-corrected chi connectivity index (χ1v) is 11.6. The number of hydrogen-bond acceptors (Lipinski definition) is 2. The largest absolute Gasteiger partial charge is 0.416 e. The van der Waals surface area contributed by atoms with Gasteiger partial charge in [0.2, 0.25) is 5.06 Å². The molecular weight excluding hydrogens is 472 g/mol. The summed E-state index contributed by atoms with van der Waals surface area (Å²) in [7, 11) is 0. The number of alkyl halides is 7. The van der Waals surface area contributed by atoms with Crippen molar-refractivity contribution in [2.75, 3.05) is 6.54 Å². The molecule has 2 atom stereocenters. The van der Waals surface area contributed by atoms with Gasteiger partial charge in [0.15, 0.2) is 0 Å². The Morgan fingerprint density at radius 3 is 2.03 bits per heavy atom. The van der Waals surface area contributed by atoms with Crippen molar-refractivity contribution < 1.29 is 35.9 Å². The molecule has 2 unspecified atom stereocenters. The standard InChI is InChI=1S/C23H30ClF6NO2/c1-3-5-6-7-8-9-10-19-15-31(20(32)21(24,4-2)33-19)14-16-11-17(22(25,26)27)13-18(12-16)23(28,29)30/h11-13,19H,3-10,14-15H2,1-2H3. The van der Waals surface area contributed by atoms with Crippen LogP contribution < -0.4 is 0 Å². The fourth-order valence-electron chi connectivity index (χ4n) is 3.92. The summed E-state index contributed by atoms with van der Waals surface area (Å²) in [6.07, 6.45) is -3.37. The maximum absolute atomic E-state index is 13.2. The van der Waals surface area contributed by atoms with Crippen LogP contribution in [0, 0.1) is 0 Å². The molecule has 1 aliphatic rings. The van der Waals surface area contributed by atoms with E-state index in [0.717, 1.165) is 38.5 Å². The number of halogens is 7. The molecule has 1 saturated heterocycles. The van der Waals surface area contributed by atoms with Crippen molar-refractivity contribution in [3.05, 3.63) is 34.9 Å². The number of amides is 1. The van der Waals surface area contributed by atoms with Crippen LogP contribution in [0.15, 0.2) is 18.2 Å². The topological polar surface area (TPSA) is 29.5 Å². The molecule has 0 bridgehead atoms.